The van der Waals surface area contributed by atoms with Crippen molar-refractivity contribution in [2.45, 2.75) is 32.7 Å². The zero-order valence-corrected chi connectivity index (χ0v) is 17.5. The van der Waals surface area contributed by atoms with E-state index in [0.717, 1.165) is 30.0 Å². The summed E-state index contributed by atoms with van der Waals surface area (Å²) >= 11 is 5.86. The van der Waals surface area contributed by atoms with Gasteiger partial charge in [-0.15, -0.1) is 0 Å². The highest BCUT2D eigenvalue weighted by atomic mass is 35.5. The minimum atomic E-state index is -0.336. The minimum absolute atomic E-state index is 0.0351. The quantitative estimate of drug-likeness (QED) is 0.610. The maximum atomic E-state index is 12.6. The number of amides is 2. The summed E-state index contributed by atoms with van der Waals surface area (Å²) in [5.41, 5.74) is 14.0. The summed E-state index contributed by atoms with van der Waals surface area (Å²) in [7, 11) is 0. The van der Waals surface area contributed by atoms with Gasteiger partial charge >= 0.3 is 0 Å². The van der Waals surface area contributed by atoms with Crippen molar-refractivity contribution in [3.05, 3.63) is 64.6 Å². The van der Waals surface area contributed by atoms with Crippen LogP contribution in [0.2, 0.25) is 5.02 Å². The molecule has 1 aromatic carbocycles. The normalized spacial score (nSPS) is 14.4. The summed E-state index contributed by atoms with van der Waals surface area (Å²) in [5, 5.41) is 7.56. The molecule has 2 amide bonds. The molecule has 0 radical (unpaired) electrons. The van der Waals surface area contributed by atoms with E-state index in [1.165, 1.54) is 6.08 Å². The Morgan fingerprint density at radius 1 is 1.17 bits per heavy atom. The fourth-order valence-corrected chi connectivity index (χ4v) is 3.32. The third-order valence-electron chi connectivity index (χ3n) is 4.68. The Labute approximate surface area is 180 Å². The summed E-state index contributed by atoms with van der Waals surface area (Å²) in [4.78, 5) is 26.4. The second-order valence-electron chi connectivity index (χ2n) is 7.07. The van der Waals surface area contributed by atoms with Crippen LogP contribution in [0.15, 0.2) is 48.3 Å². The maximum Gasteiger partial charge on any atom is 0.228 e. The average molecular weight is 429 g/mol. The lowest BCUT2D eigenvalue weighted by atomic mass is 10.1. The second-order valence-corrected chi connectivity index (χ2v) is 7.50. The maximum absolute atomic E-state index is 12.6. The Morgan fingerprint density at radius 3 is 2.63 bits per heavy atom. The lowest BCUT2D eigenvalue weighted by Gasteiger charge is -2.27. The van der Waals surface area contributed by atoms with Gasteiger partial charge in [-0.25, -0.2) is 4.68 Å². The molecule has 0 saturated carbocycles. The summed E-state index contributed by atoms with van der Waals surface area (Å²) < 4.78 is 1.83. The van der Waals surface area contributed by atoms with Gasteiger partial charge in [0.15, 0.2) is 0 Å². The van der Waals surface area contributed by atoms with Gasteiger partial charge in [-0.2, -0.15) is 5.10 Å². The first kappa shape index (κ1) is 21.4. The molecule has 2 aromatic rings. The van der Waals surface area contributed by atoms with E-state index in [2.05, 4.69) is 10.4 Å². The molecule has 5 N–H and O–H groups in total. The predicted octanol–water partition coefficient (Wildman–Crippen LogP) is 2.28. The van der Waals surface area contributed by atoms with Crippen molar-refractivity contribution in [3.8, 4) is 0 Å². The highest BCUT2D eigenvalue weighted by Gasteiger charge is 2.24. The van der Waals surface area contributed by atoms with E-state index in [1.807, 2.05) is 17.7 Å². The van der Waals surface area contributed by atoms with Gasteiger partial charge in [-0.3, -0.25) is 14.5 Å². The fourth-order valence-electron chi connectivity index (χ4n) is 3.20. The predicted molar refractivity (Wildman–Crippen MR) is 117 cm³/mol. The molecule has 158 valence electrons. The molecule has 0 bridgehead atoms. The van der Waals surface area contributed by atoms with Crippen LogP contribution in [-0.4, -0.2) is 28.1 Å². The van der Waals surface area contributed by atoms with Crippen LogP contribution in [0.25, 0.3) is 5.70 Å². The van der Waals surface area contributed by atoms with E-state index in [0.29, 0.717) is 17.3 Å². The van der Waals surface area contributed by atoms with Crippen LogP contribution in [0, 0.1) is 6.92 Å². The number of aryl methyl sites for hydroxylation is 2. The molecule has 0 saturated heterocycles. The molecule has 1 aliphatic rings. The number of allylic oxidation sites excluding steroid dienone is 2. The van der Waals surface area contributed by atoms with Gasteiger partial charge in [0, 0.05) is 42.7 Å². The lowest BCUT2D eigenvalue weighted by Crippen LogP contribution is -2.38. The van der Waals surface area contributed by atoms with E-state index in [9.17, 15) is 9.59 Å². The number of hydrogen-bond acceptors (Lipinski definition) is 5. The monoisotopic (exact) mass is 428 g/mol. The van der Waals surface area contributed by atoms with Gasteiger partial charge in [0.05, 0.1) is 5.69 Å². The van der Waals surface area contributed by atoms with Crippen molar-refractivity contribution in [1.82, 2.24) is 15.1 Å². The van der Waals surface area contributed by atoms with Gasteiger partial charge < -0.3 is 16.8 Å². The van der Waals surface area contributed by atoms with Crippen LogP contribution in [0.5, 0.6) is 0 Å². The molecule has 9 heteroatoms. The van der Waals surface area contributed by atoms with E-state index < -0.39 is 0 Å². The zero-order chi connectivity index (χ0) is 21.7. The van der Waals surface area contributed by atoms with Crippen molar-refractivity contribution in [1.29, 1.82) is 0 Å². The third kappa shape index (κ3) is 5.42. The van der Waals surface area contributed by atoms with Gasteiger partial charge in [-0.1, -0.05) is 23.7 Å². The number of rotatable bonds is 6. The third-order valence-corrected chi connectivity index (χ3v) is 4.93. The number of nitrogens with two attached hydrogens (primary N) is 2. The second kappa shape index (κ2) is 9.49. The largest absolute Gasteiger partial charge is 0.398 e. The SMILES string of the molecule is Cc1cc2n(n1)CCCN2C(=O)CCC(=O)N/C(N)=C/C=C(\N)c1ccc(Cl)cc1. The van der Waals surface area contributed by atoms with Crippen LogP contribution < -0.4 is 21.7 Å². The van der Waals surface area contributed by atoms with Gasteiger partial charge in [-0.05, 0) is 43.2 Å². The minimum Gasteiger partial charge on any atom is -0.398 e. The highest BCUT2D eigenvalue weighted by molar-refractivity contribution is 6.30. The van der Waals surface area contributed by atoms with Crippen molar-refractivity contribution >= 4 is 34.9 Å². The number of carbonyl (C=O) groups excluding carboxylic acids is 2. The number of halogens is 1. The van der Waals surface area contributed by atoms with E-state index in [4.69, 9.17) is 23.1 Å². The molecule has 0 fully saturated rings. The Balaban J connectivity index is 1.51. The molecule has 1 aromatic heterocycles. The Bertz CT molecular complexity index is 993. The number of nitrogens with one attached hydrogen (secondary N) is 1. The number of anilines is 1. The zero-order valence-electron chi connectivity index (χ0n) is 16.8. The molecule has 0 spiro atoms. The van der Waals surface area contributed by atoms with E-state index >= 15 is 0 Å². The Hall–Kier alpha value is -3.26. The summed E-state index contributed by atoms with van der Waals surface area (Å²) in [5.74, 6) is 0.486. The first-order valence-electron chi connectivity index (χ1n) is 9.67. The van der Waals surface area contributed by atoms with Gasteiger partial charge in [0.1, 0.15) is 11.6 Å². The van der Waals surface area contributed by atoms with E-state index in [1.54, 1.807) is 35.2 Å². The van der Waals surface area contributed by atoms with Crippen molar-refractivity contribution in [3.63, 3.8) is 0 Å². The topological polar surface area (TPSA) is 119 Å². The number of carbonyl (C=O) groups is 2. The molecule has 0 atom stereocenters. The van der Waals surface area contributed by atoms with Crippen molar-refractivity contribution < 1.29 is 9.59 Å². The molecule has 30 heavy (non-hydrogen) atoms. The van der Waals surface area contributed by atoms with Crippen molar-refractivity contribution in [2.75, 3.05) is 11.4 Å². The molecule has 2 heterocycles. The fraction of sp³-hybridized carbons (Fsp3) is 0.286. The number of hydrogen-bond donors (Lipinski definition) is 3. The van der Waals surface area contributed by atoms with Crippen molar-refractivity contribution in [2.24, 2.45) is 11.5 Å². The van der Waals surface area contributed by atoms with Crippen LogP contribution in [-0.2, 0) is 16.1 Å². The van der Waals surface area contributed by atoms with E-state index in [-0.39, 0.29) is 30.5 Å². The molecule has 1 aliphatic heterocycles. The summed E-state index contributed by atoms with van der Waals surface area (Å²) in [6.45, 7) is 3.31. The lowest BCUT2D eigenvalue weighted by molar-refractivity contribution is -0.124. The summed E-state index contributed by atoms with van der Waals surface area (Å²) in [6.07, 6.45) is 4.07. The molecule has 3 rings (SSSR count). The number of nitrogens with zero attached hydrogens (tertiary/aromatic N) is 3. The molecule has 0 unspecified atom stereocenters. The molecule has 8 nitrogen and oxygen atoms in total. The Kier molecular flexibility index (Phi) is 6.79. The van der Waals surface area contributed by atoms with Crippen LogP contribution in [0.3, 0.4) is 0 Å². The molecule has 0 aliphatic carbocycles. The van der Waals surface area contributed by atoms with Crippen LogP contribution >= 0.6 is 11.6 Å². The summed E-state index contributed by atoms with van der Waals surface area (Å²) in [6, 6.07) is 8.93. The van der Waals surface area contributed by atoms with Crippen LogP contribution in [0.4, 0.5) is 5.82 Å². The van der Waals surface area contributed by atoms with Gasteiger partial charge in [0.2, 0.25) is 11.8 Å². The molecular weight excluding hydrogens is 404 g/mol. The number of aromatic nitrogens is 2. The Morgan fingerprint density at radius 2 is 1.90 bits per heavy atom. The molecular formula is C21H25ClN6O2. The number of benzene rings is 1. The van der Waals surface area contributed by atoms with Crippen LogP contribution in [0.1, 0.15) is 30.5 Å². The standard InChI is InChI=1S/C21H25ClN6O2/c1-14-13-20-27(11-2-12-28(20)26-14)21(30)10-9-19(29)25-18(24)8-7-17(23)15-3-5-16(22)6-4-15/h3-8,13H,2,9-12,23-24H2,1H3,(H,25,29)/b17-7-,18-8+. The first-order chi connectivity index (χ1) is 14.3. The average Bonchev–Trinajstić information content (AvgIpc) is 3.11. The smallest absolute Gasteiger partial charge is 0.228 e. The highest BCUT2D eigenvalue weighted by Crippen LogP contribution is 2.22. The van der Waals surface area contributed by atoms with Gasteiger partial charge in [0.25, 0.3) is 0 Å². The number of fused-ring (bicyclic) bond motifs is 1. The first-order valence-corrected chi connectivity index (χ1v) is 10.0.